The van der Waals surface area contributed by atoms with Crippen LogP contribution in [-0.4, -0.2) is 17.0 Å². The van der Waals surface area contributed by atoms with Gasteiger partial charge in [0.25, 0.3) is 0 Å². The largest absolute Gasteiger partial charge is 0.363 e. The quantitative estimate of drug-likeness (QED) is 0.234. The van der Waals surface area contributed by atoms with Gasteiger partial charge in [-0.25, -0.2) is 0 Å². The molecule has 0 amide bonds. The van der Waals surface area contributed by atoms with Crippen LogP contribution >= 0.6 is 34.8 Å². The maximum atomic E-state index is 12.2. The number of hydrogen-bond acceptors (Lipinski definition) is 4. The Morgan fingerprint density at radius 2 is 1.25 bits per heavy atom. The minimum atomic E-state index is -0.468. The van der Waals surface area contributed by atoms with Crippen molar-refractivity contribution in [2.24, 2.45) is 33.5 Å². The predicted molar refractivity (Wildman–Crippen MR) is 131 cm³/mol. The summed E-state index contributed by atoms with van der Waals surface area (Å²) < 4.78 is -0.293. The number of rotatable bonds is 6. The van der Waals surface area contributed by atoms with Crippen molar-refractivity contribution in [2.75, 3.05) is 0 Å². The van der Waals surface area contributed by atoms with Crippen LogP contribution in [0.5, 0.6) is 0 Å². The monoisotopic (exact) mass is 503 g/mol. The van der Waals surface area contributed by atoms with Crippen LogP contribution in [0.25, 0.3) is 0 Å². The highest BCUT2D eigenvalue weighted by molar-refractivity contribution is 6.59. The summed E-state index contributed by atoms with van der Waals surface area (Å²) in [5, 5.41) is 19.1. The van der Waals surface area contributed by atoms with E-state index in [1.807, 2.05) is 0 Å². The average Bonchev–Trinajstić information content (AvgIpc) is 3.19. The van der Waals surface area contributed by atoms with Gasteiger partial charge in [-0.3, -0.25) is 10.1 Å². The molecule has 0 aromatic heterocycles. The van der Waals surface area contributed by atoms with Crippen LogP contribution in [0, 0.1) is 43.6 Å². The highest BCUT2D eigenvalue weighted by Gasteiger charge is 2.63. The minimum absolute atomic E-state index is 0.0467. The Bertz CT molecular complexity index is 847. The third-order valence-electron chi connectivity index (χ3n) is 11.0. The third kappa shape index (κ3) is 3.24. The molecule has 0 radical (unpaired) electrons. The maximum absolute atomic E-state index is 12.2. The van der Waals surface area contributed by atoms with Crippen LogP contribution < -0.4 is 10.6 Å². The Balaban J connectivity index is 1.73. The Labute approximate surface area is 206 Å². The molecule has 32 heavy (non-hydrogen) atoms. The summed E-state index contributed by atoms with van der Waals surface area (Å²) in [5.41, 5.74) is 0.180. The van der Waals surface area contributed by atoms with Gasteiger partial charge in [-0.2, -0.15) is 0 Å². The van der Waals surface area contributed by atoms with E-state index in [4.69, 9.17) is 34.8 Å². The molecule has 6 atom stereocenters. The summed E-state index contributed by atoms with van der Waals surface area (Å²) >= 11 is 18.2. The van der Waals surface area contributed by atoms with E-state index in [1.54, 1.807) is 0 Å². The van der Waals surface area contributed by atoms with Crippen molar-refractivity contribution in [2.45, 2.75) is 92.2 Å². The first kappa shape index (κ1) is 24.5. The van der Waals surface area contributed by atoms with Gasteiger partial charge in [0.15, 0.2) is 10.9 Å². The number of nitrogens with zero attached hydrogens (tertiary/aromatic N) is 1. The summed E-state index contributed by atoms with van der Waals surface area (Å²) in [5.74, 6) is 1.57. The summed E-state index contributed by atoms with van der Waals surface area (Å²) in [6.07, 6.45) is 6.62. The molecule has 2 N–H and O–H groups in total. The van der Waals surface area contributed by atoms with Gasteiger partial charge in [-0.15, -0.1) is 0 Å². The first-order valence-corrected chi connectivity index (χ1v) is 12.9. The summed E-state index contributed by atoms with van der Waals surface area (Å²) in [7, 11) is 0. The van der Waals surface area contributed by atoms with Gasteiger partial charge >= 0.3 is 5.70 Å². The van der Waals surface area contributed by atoms with Crippen molar-refractivity contribution in [3.63, 3.8) is 0 Å². The van der Waals surface area contributed by atoms with Crippen molar-refractivity contribution < 1.29 is 4.92 Å². The Kier molecular flexibility index (Phi) is 5.87. The lowest BCUT2D eigenvalue weighted by Gasteiger charge is -2.42. The average molecular weight is 505 g/mol. The Morgan fingerprint density at radius 1 is 0.844 bits per heavy atom. The van der Waals surface area contributed by atoms with Gasteiger partial charge in [0, 0.05) is 12.1 Å². The normalized spacial score (nSPS) is 41.4. The second-order valence-corrected chi connectivity index (χ2v) is 13.5. The summed E-state index contributed by atoms with van der Waals surface area (Å²) in [6.45, 7) is 14.0. The van der Waals surface area contributed by atoms with E-state index in [1.165, 1.54) is 12.8 Å². The molecule has 4 aliphatic carbocycles. The molecule has 4 bridgehead atoms. The molecule has 4 saturated carbocycles. The van der Waals surface area contributed by atoms with E-state index in [9.17, 15) is 10.1 Å². The number of hydrogen-bond donors (Lipinski definition) is 2. The van der Waals surface area contributed by atoms with Crippen molar-refractivity contribution in [1.29, 1.82) is 0 Å². The molecule has 0 aliphatic heterocycles. The molecule has 0 aromatic carbocycles. The first-order chi connectivity index (χ1) is 14.7. The van der Waals surface area contributed by atoms with E-state index in [0.717, 1.165) is 25.7 Å². The molecule has 4 aliphatic rings. The smallest absolute Gasteiger partial charge is 0.329 e. The topological polar surface area (TPSA) is 67.2 Å². The zero-order chi connectivity index (χ0) is 23.9. The van der Waals surface area contributed by atoms with Crippen LogP contribution in [0.4, 0.5) is 0 Å². The Hall–Kier alpha value is -0.650. The fourth-order valence-electron chi connectivity index (χ4n) is 7.74. The molecule has 180 valence electrons. The van der Waals surface area contributed by atoms with E-state index in [-0.39, 0.29) is 49.0 Å². The molecule has 4 rings (SSSR count). The molecular formula is C24H36Cl3N3O2. The molecule has 0 unspecified atom stereocenters. The number of fused-ring (bicyclic) bond motifs is 4. The summed E-state index contributed by atoms with van der Waals surface area (Å²) in [6, 6.07) is 0.235. The number of nitro groups is 1. The molecule has 5 nitrogen and oxygen atoms in total. The minimum Gasteiger partial charge on any atom is -0.363 e. The van der Waals surface area contributed by atoms with Gasteiger partial charge in [-0.1, -0.05) is 76.3 Å². The van der Waals surface area contributed by atoms with Crippen LogP contribution in [0.15, 0.2) is 21.0 Å². The van der Waals surface area contributed by atoms with E-state index >= 15 is 0 Å². The first-order valence-electron chi connectivity index (χ1n) is 11.8. The predicted octanol–water partition coefficient (Wildman–Crippen LogP) is 6.93. The highest BCUT2D eigenvalue weighted by atomic mass is 35.5. The van der Waals surface area contributed by atoms with Gasteiger partial charge in [0.2, 0.25) is 0 Å². The van der Waals surface area contributed by atoms with Crippen molar-refractivity contribution in [3.05, 3.63) is 31.2 Å². The number of nitrogens with one attached hydrogen (secondary N) is 2. The molecular weight excluding hydrogens is 469 g/mol. The van der Waals surface area contributed by atoms with Crippen molar-refractivity contribution >= 4 is 34.8 Å². The third-order valence-corrected chi connectivity index (χ3v) is 12.0. The van der Waals surface area contributed by atoms with E-state index in [2.05, 4.69) is 52.2 Å². The van der Waals surface area contributed by atoms with Gasteiger partial charge in [0.1, 0.15) is 4.49 Å². The highest BCUT2D eigenvalue weighted by Crippen LogP contribution is 2.67. The van der Waals surface area contributed by atoms with Gasteiger partial charge < -0.3 is 10.6 Å². The van der Waals surface area contributed by atoms with Crippen molar-refractivity contribution in [3.8, 4) is 0 Å². The molecule has 8 heteroatoms. The van der Waals surface area contributed by atoms with Crippen LogP contribution in [0.2, 0.25) is 0 Å². The van der Waals surface area contributed by atoms with Crippen molar-refractivity contribution in [1.82, 2.24) is 10.6 Å². The lowest BCUT2D eigenvalue weighted by Crippen LogP contribution is -2.51. The van der Waals surface area contributed by atoms with Gasteiger partial charge in [-0.05, 0) is 72.0 Å². The summed E-state index contributed by atoms with van der Waals surface area (Å²) in [4.78, 5) is 11.7. The lowest BCUT2D eigenvalue weighted by molar-refractivity contribution is -0.421. The van der Waals surface area contributed by atoms with E-state index in [0.29, 0.717) is 17.7 Å². The lowest BCUT2D eigenvalue weighted by atomic mass is 9.69. The SMILES string of the molecule is CC1(C)[C@H]2CC[C@@]1(C)[C@H](NC(N[C@@H]1C[C@@H]3CC[C@@]1(C)C3(C)C)=C(C(Cl)=C(Cl)Cl)[N+](=O)[O-])C2. The number of allylic oxidation sites excluding steroid dienone is 1. The van der Waals surface area contributed by atoms with Crippen LogP contribution in [0.3, 0.4) is 0 Å². The zero-order valence-corrected chi connectivity index (χ0v) is 22.2. The molecule has 0 saturated heterocycles. The fraction of sp³-hybridized carbons (Fsp3) is 0.833. The maximum Gasteiger partial charge on any atom is 0.329 e. The fourth-order valence-corrected chi connectivity index (χ4v) is 8.08. The zero-order valence-electron chi connectivity index (χ0n) is 19.9. The van der Waals surface area contributed by atoms with E-state index < -0.39 is 4.92 Å². The second-order valence-electron chi connectivity index (χ2n) is 12.2. The molecule has 4 fully saturated rings. The molecule has 0 aromatic rings. The number of halogens is 3. The molecule has 0 heterocycles. The molecule has 0 spiro atoms. The second kappa shape index (κ2) is 7.68. The van der Waals surface area contributed by atoms with Crippen LogP contribution in [0.1, 0.15) is 80.1 Å². The van der Waals surface area contributed by atoms with Crippen LogP contribution in [-0.2, 0) is 0 Å². The van der Waals surface area contributed by atoms with Gasteiger partial charge in [0.05, 0.1) is 4.92 Å². The standard InChI is InChI=1S/C24H36Cl3N3O2/c1-21(2)13-7-9-23(21,5)15(11-13)28-20(18(30(31)32)17(25)19(26)27)29-16-12-14-8-10-24(16,6)22(14,3)4/h13-16,28-29H,7-12H2,1-6H3/t13-,14-,15+,16+,23-,24+/m0/s1. The Morgan fingerprint density at radius 3 is 1.50 bits per heavy atom.